The molecule has 0 aliphatic carbocycles. The summed E-state index contributed by atoms with van der Waals surface area (Å²) >= 11 is 0. The first kappa shape index (κ1) is 11.1. The molecule has 0 radical (unpaired) electrons. The van der Waals surface area contributed by atoms with Crippen molar-refractivity contribution >= 4 is 5.52 Å². The predicted molar refractivity (Wildman–Crippen MR) is 63.2 cm³/mol. The minimum absolute atomic E-state index is 0.225. The number of aliphatic hydroxyl groups is 1. The van der Waals surface area contributed by atoms with Gasteiger partial charge >= 0.3 is 0 Å². The van der Waals surface area contributed by atoms with Crippen LogP contribution in [0.25, 0.3) is 5.52 Å². The number of nitrogens with one attached hydrogen (secondary N) is 1. The molecule has 0 aromatic carbocycles. The number of hydrogen-bond donors (Lipinski definition) is 2. The average molecular weight is 219 g/mol. The molecule has 0 spiro atoms. The summed E-state index contributed by atoms with van der Waals surface area (Å²) in [5.41, 5.74) is 2.32. The summed E-state index contributed by atoms with van der Waals surface area (Å²) in [5.74, 6) is 0. The van der Waals surface area contributed by atoms with Crippen LogP contribution in [0.15, 0.2) is 30.6 Å². The molecule has 0 unspecified atom stereocenters. The van der Waals surface area contributed by atoms with Crippen LogP contribution in [-0.4, -0.2) is 27.4 Å². The quantitative estimate of drug-likeness (QED) is 0.794. The molecular weight excluding hydrogens is 202 g/mol. The fourth-order valence-electron chi connectivity index (χ4n) is 1.70. The molecule has 0 saturated heterocycles. The van der Waals surface area contributed by atoms with Crippen LogP contribution < -0.4 is 5.32 Å². The predicted octanol–water partition coefficient (Wildman–Crippen LogP) is 1.19. The number of pyridine rings is 1. The van der Waals surface area contributed by atoms with Crippen LogP contribution in [-0.2, 0) is 6.54 Å². The Morgan fingerprint density at radius 3 is 3.19 bits per heavy atom. The van der Waals surface area contributed by atoms with E-state index in [2.05, 4.69) is 23.4 Å². The average Bonchev–Trinajstić information content (AvgIpc) is 2.70. The van der Waals surface area contributed by atoms with E-state index in [0.717, 1.165) is 18.5 Å². The summed E-state index contributed by atoms with van der Waals surface area (Å²) in [6.07, 6.45) is 4.60. The first-order valence-electron chi connectivity index (χ1n) is 5.56. The maximum absolute atomic E-state index is 8.81. The highest BCUT2D eigenvalue weighted by atomic mass is 16.3. The lowest BCUT2D eigenvalue weighted by Crippen LogP contribution is -2.26. The summed E-state index contributed by atoms with van der Waals surface area (Å²) in [4.78, 5) is 0. The van der Waals surface area contributed by atoms with Gasteiger partial charge in [0.25, 0.3) is 0 Å². The number of aliphatic hydroxyl groups excluding tert-OH is 1. The van der Waals surface area contributed by atoms with Crippen LogP contribution in [0.4, 0.5) is 0 Å². The molecule has 16 heavy (non-hydrogen) atoms. The molecule has 1 atom stereocenters. The first-order valence-corrected chi connectivity index (χ1v) is 5.56. The Balaban J connectivity index is 2.04. The Kier molecular flexibility index (Phi) is 3.54. The van der Waals surface area contributed by atoms with Crippen LogP contribution in [0, 0.1) is 0 Å². The van der Waals surface area contributed by atoms with Crippen molar-refractivity contribution in [3.63, 3.8) is 0 Å². The zero-order chi connectivity index (χ0) is 11.4. The first-order chi connectivity index (χ1) is 7.81. The minimum atomic E-state index is 0.225. The minimum Gasteiger partial charge on any atom is -0.396 e. The van der Waals surface area contributed by atoms with Gasteiger partial charge in [0.2, 0.25) is 0 Å². The molecule has 0 bridgehead atoms. The van der Waals surface area contributed by atoms with Gasteiger partial charge < -0.3 is 10.4 Å². The second kappa shape index (κ2) is 5.09. The van der Waals surface area contributed by atoms with E-state index >= 15 is 0 Å². The molecule has 4 nitrogen and oxygen atoms in total. The lowest BCUT2D eigenvalue weighted by molar-refractivity contribution is 0.269. The van der Waals surface area contributed by atoms with Crippen molar-refractivity contribution in [3.05, 3.63) is 36.2 Å². The van der Waals surface area contributed by atoms with Crippen LogP contribution in [0.1, 0.15) is 18.9 Å². The van der Waals surface area contributed by atoms with Crippen molar-refractivity contribution in [2.24, 2.45) is 0 Å². The molecule has 2 aromatic heterocycles. The zero-order valence-corrected chi connectivity index (χ0v) is 9.43. The number of fused-ring (bicyclic) bond motifs is 1. The normalized spacial score (nSPS) is 13.1. The standard InChI is InChI=1S/C12H17N3O/c1-10(5-7-16)13-8-11-9-14-15-6-3-2-4-12(11)15/h2-4,6,9-10,13,16H,5,7-8H2,1H3/t10-/m1/s1. The Morgan fingerprint density at radius 1 is 1.50 bits per heavy atom. The largest absolute Gasteiger partial charge is 0.396 e. The molecule has 0 aliphatic heterocycles. The number of aromatic nitrogens is 2. The number of hydrogen-bond acceptors (Lipinski definition) is 3. The van der Waals surface area contributed by atoms with Crippen molar-refractivity contribution in [2.75, 3.05) is 6.61 Å². The lowest BCUT2D eigenvalue weighted by Gasteiger charge is -2.11. The zero-order valence-electron chi connectivity index (χ0n) is 9.43. The van der Waals surface area contributed by atoms with Gasteiger partial charge in [-0.15, -0.1) is 0 Å². The molecule has 86 valence electrons. The molecule has 0 fully saturated rings. The third-order valence-corrected chi connectivity index (χ3v) is 2.71. The van der Waals surface area contributed by atoms with Gasteiger partial charge in [0, 0.05) is 31.0 Å². The van der Waals surface area contributed by atoms with Crippen molar-refractivity contribution in [1.82, 2.24) is 14.9 Å². The van der Waals surface area contributed by atoms with Gasteiger partial charge in [-0.1, -0.05) is 6.07 Å². The molecule has 0 saturated carbocycles. The van der Waals surface area contributed by atoms with Gasteiger partial charge in [0.15, 0.2) is 0 Å². The van der Waals surface area contributed by atoms with Gasteiger partial charge in [0.05, 0.1) is 11.7 Å². The fraction of sp³-hybridized carbons (Fsp3) is 0.417. The molecule has 2 aromatic rings. The monoisotopic (exact) mass is 219 g/mol. The molecule has 4 heteroatoms. The number of nitrogens with zero attached hydrogens (tertiary/aromatic N) is 2. The van der Waals surface area contributed by atoms with Gasteiger partial charge in [0.1, 0.15) is 0 Å². The Bertz CT molecular complexity index is 452. The highest BCUT2D eigenvalue weighted by Crippen LogP contribution is 2.09. The van der Waals surface area contributed by atoms with Gasteiger partial charge in [-0.05, 0) is 25.5 Å². The van der Waals surface area contributed by atoms with Crippen LogP contribution in [0.3, 0.4) is 0 Å². The Hall–Kier alpha value is -1.39. The van der Waals surface area contributed by atoms with Gasteiger partial charge in [-0.25, -0.2) is 4.52 Å². The topological polar surface area (TPSA) is 49.6 Å². The van der Waals surface area contributed by atoms with E-state index in [9.17, 15) is 0 Å². The van der Waals surface area contributed by atoms with Crippen molar-refractivity contribution in [2.45, 2.75) is 25.9 Å². The molecule has 2 rings (SSSR count). The van der Waals surface area contributed by atoms with Gasteiger partial charge in [-0.2, -0.15) is 5.10 Å². The highest BCUT2D eigenvalue weighted by Gasteiger charge is 2.05. The van der Waals surface area contributed by atoms with E-state index in [-0.39, 0.29) is 6.61 Å². The van der Waals surface area contributed by atoms with E-state index in [4.69, 9.17) is 5.11 Å². The lowest BCUT2D eigenvalue weighted by atomic mass is 10.2. The Morgan fingerprint density at radius 2 is 2.38 bits per heavy atom. The van der Waals surface area contributed by atoms with E-state index < -0.39 is 0 Å². The third-order valence-electron chi connectivity index (χ3n) is 2.71. The SMILES string of the molecule is C[C@H](CCO)NCc1cnn2ccccc12. The smallest absolute Gasteiger partial charge is 0.0706 e. The Labute approximate surface area is 94.9 Å². The molecular formula is C12H17N3O. The third kappa shape index (κ3) is 2.40. The summed E-state index contributed by atoms with van der Waals surface area (Å²) in [7, 11) is 0. The van der Waals surface area contributed by atoms with E-state index in [1.54, 1.807) is 0 Å². The molecule has 2 heterocycles. The number of rotatable bonds is 5. The molecule has 0 aliphatic rings. The summed E-state index contributed by atoms with van der Waals surface area (Å²) in [5, 5.41) is 16.4. The highest BCUT2D eigenvalue weighted by molar-refractivity contribution is 5.53. The summed E-state index contributed by atoms with van der Waals surface area (Å²) in [6.45, 7) is 3.08. The van der Waals surface area contributed by atoms with Crippen molar-refractivity contribution < 1.29 is 5.11 Å². The van der Waals surface area contributed by atoms with Gasteiger partial charge in [-0.3, -0.25) is 0 Å². The second-order valence-electron chi connectivity index (χ2n) is 3.99. The van der Waals surface area contributed by atoms with Crippen molar-refractivity contribution in [3.8, 4) is 0 Å². The van der Waals surface area contributed by atoms with Crippen LogP contribution in [0.2, 0.25) is 0 Å². The van der Waals surface area contributed by atoms with E-state index in [1.807, 2.05) is 29.0 Å². The van der Waals surface area contributed by atoms with Crippen molar-refractivity contribution in [1.29, 1.82) is 0 Å². The second-order valence-corrected chi connectivity index (χ2v) is 3.99. The van der Waals surface area contributed by atoms with E-state index in [0.29, 0.717) is 6.04 Å². The van der Waals surface area contributed by atoms with Crippen LogP contribution in [0.5, 0.6) is 0 Å². The summed E-state index contributed by atoms with van der Waals surface area (Å²) in [6, 6.07) is 6.35. The van der Waals surface area contributed by atoms with E-state index in [1.165, 1.54) is 5.56 Å². The maximum atomic E-state index is 8.81. The van der Waals surface area contributed by atoms with Crippen LogP contribution >= 0.6 is 0 Å². The maximum Gasteiger partial charge on any atom is 0.0706 e. The summed E-state index contributed by atoms with van der Waals surface area (Å²) < 4.78 is 1.87. The molecule has 2 N–H and O–H groups in total. The fourth-order valence-corrected chi connectivity index (χ4v) is 1.70. The molecule has 0 amide bonds.